The van der Waals surface area contributed by atoms with E-state index in [0.29, 0.717) is 30.7 Å². The van der Waals surface area contributed by atoms with Gasteiger partial charge in [-0.1, -0.05) is 6.08 Å². The van der Waals surface area contributed by atoms with E-state index in [1.807, 2.05) is 0 Å². The highest BCUT2D eigenvalue weighted by Gasteiger charge is 2.55. The van der Waals surface area contributed by atoms with Gasteiger partial charge in [0.05, 0.1) is 25.0 Å². The summed E-state index contributed by atoms with van der Waals surface area (Å²) in [4.78, 5) is 75.8. The minimum atomic E-state index is -1.51. The van der Waals surface area contributed by atoms with Crippen molar-refractivity contribution in [2.45, 2.75) is 90.5 Å². The van der Waals surface area contributed by atoms with Crippen LogP contribution in [0.5, 0.6) is 11.5 Å². The summed E-state index contributed by atoms with van der Waals surface area (Å²) in [6.45, 7) is 9.81. The summed E-state index contributed by atoms with van der Waals surface area (Å²) < 4.78 is 51.0. The van der Waals surface area contributed by atoms with E-state index in [4.69, 9.17) is 42.6 Å². The molecule has 4 aliphatic rings. The number of piperidine rings is 1. The molecule has 5 rings (SSSR count). The Balaban J connectivity index is 1.47. The van der Waals surface area contributed by atoms with Crippen LogP contribution in [0.4, 0.5) is 0 Å². The molecule has 4 heterocycles. The predicted molar refractivity (Wildman–Crippen MR) is 170 cm³/mol. The Morgan fingerprint density at radius 3 is 2.16 bits per heavy atom. The molecule has 4 aliphatic heterocycles. The summed E-state index contributed by atoms with van der Waals surface area (Å²) in [5.41, 5.74) is 2.15. The second kappa shape index (κ2) is 15.5. The van der Waals surface area contributed by atoms with Gasteiger partial charge in [0.2, 0.25) is 12.6 Å². The number of hydrogen-bond acceptors (Lipinski definition) is 15. The van der Waals surface area contributed by atoms with Crippen LogP contribution in [0, 0.1) is 11.8 Å². The van der Waals surface area contributed by atoms with Crippen LogP contribution >= 0.6 is 0 Å². The lowest BCUT2D eigenvalue weighted by atomic mass is 9.73. The summed E-state index contributed by atoms with van der Waals surface area (Å²) in [6.07, 6.45) is -4.32. The van der Waals surface area contributed by atoms with Gasteiger partial charge in [0.25, 0.3) is 5.91 Å². The Morgan fingerprint density at radius 1 is 0.882 bits per heavy atom. The van der Waals surface area contributed by atoms with Gasteiger partial charge in [0.15, 0.2) is 29.8 Å². The molecular formula is C35H41NO15. The van der Waals surface area contributed by atoms with E-state index in [2.05, 4.69) is 6.58 Å². The summed E-state index contributed by atoms with van der Waals surface area (Å²) in [5.74, 6) is -4.23. The van der Waals surface area contributed by atoms with Crippen molar-refractivity contribution in [1.82, 2.24) is 4.90 Å². The van der Waals surface area contributed by atoms with Crippen molar-refractivity contribution in [2.24, 2.45) is 11.8 Å². The second-order valence-corrected chi connectivity index (χ2v) is 12.5. The van der Waals surface area contributed by atoms with Gasteiger partial charge in [-0.15, -0.1) is 6.58 Å². The van der Waals surface area contributed by atoms with Crippen LogP contribution in [-0.2, 0) is 68.3 Å². The Morgan fingerprint density at radius 2 is 1.55 bits per heavy atom. The first-order chi connectivity index (χ1) is 24.2. The number of carbonyl (C=O) groups excluding carboxylic acids is 6. The molecule has 276 valence electrons. The highest BCUT2D eigenvalue weighted by Crippen LogP contribution is 2.49. The van der Waals surface area contributed by atoms with Gasteiger partial charge >= 0.3 is 29.8 Å². The monoisotopic (exact) mass is 715 g/mol. The molecule has 0 spiro atoms. The molecule has 0 unspecified atom stereocenters. The third-order valence-electron chi connectivity index (χ3n) is 9.02. The van der Waals surface area contributed by atoms with Crippen molar-refractivity contribution in [2.75, 3.05) is 20.3 Å². The maximum atomic E-state index is 13.9. The molecular weight excluding hydrogens is 674 g/mol. The Hall–Kier alpha value is -4.96. The maximum Gasteiger partial charge on any atom is 0.308 e. The number of ether oxygens (including phenoxy) is 9. The molecule has 9 atom stereocenters. The minimum absolute atomic E-state index is 0.234. The summed E-state index contributed by atoms with van der Waals surface area (Å²) in [5, 5.41) is 0. The quantitative estimate of drug-likeness (QED) is 0.148. The molecule has 0 saturated carbocycles. The number of amides is 1. The number of esters is 5. The van der Waals surface area contributed by atoms with Crippen LogP contribution in [0.2, 0.25) is 0 Å². The fraction of sp³-hybridized carbons (Fsp3) is 0.543. The van der Waals surface area contributed by atoms with Crippen LogP contribution in [0.3, 0.4) is 0 Å². The molecule has 0 radical (unpaired) electrons. The van der Waals surface area contributed by atoms with Crippen molar-refractivity contribution in [3.63, 3.8) is 0 Å². The van der Waals surface area contributed by atoms with Crippen molar-refractivity contribution in [3.05, 3.63) is 47.7 Å². The normalized spacial score (nSPS) is 29.4. The van der Waals surface area contributed by atoms with Crippen LogP contribution in [0.15, 0.2) is 36.6 Å². The third kappa shape index (κ3) is 8.01. The molecule has 51 heavy (non-hydrogen) atoms. The first kappa shape index (κ1) is 37.3. The van der Waals surface area contributed by atoms with Gasteiger partial charge in [-0.3, -0.25) is 28.8 Å². The Kier molecular flexibility index (Phi) is 11.3. The van der Waals surface area contributed by atoms with Crippen LogP contribution in [-0.4, -0.2) is 97.9 Å². The molecule has 0 aromatic heterocycles. The SMILES string of the molecule is C=C[C@H]1[C@H](O[C@@H]2O[C@H](COC(C)=O)[C@@H](OC(C)=O)[C@H](OC(C)=O)[C@H]2OC(C)=O)OC=C2C(=O)N3CCc4cc(OC(C)=O)c(OC)cc4[C@@H]3C[C@H]21. The van der Waals surface area contributed by atoms with Crippen LogP contribution in [0.25, 0.3) is 0 Å². The fourth-order valence-corrected chi connectivity index (χ4v) is 7.04. The van der Waals surface area contributed by atoms with E-state index < -0.39 is 85.3 Å². The zero-order valence-electron chi connectivity index (χ0n) is 29.1. The smallest absolute Gasteiger partial charge is 0.308 e. The molecule has 16 nitrogen and oxygen atoms in total. The third-order valence-corrected chi connectivity index (χ3v) is 9.02. The molecule has 0 aliphatic carbocycles. The minimum Gasteiger partial charge on any atom is -0.493 e. The van der Waals surface area contributed by atoms with Crippen molar-refractivity contribution in [3.8, 4) is 11.5 Å². The van der Waals surface area contributed by atoms with E-state index in [9.17, 15) is 28.8 Å². The molecule has 1 amide bonds. The van der Waals surface area contributed by atoms with Crippen molar-refractivity contribution >= 4 is 35.8 Å². The molecule has 0 N–H and O–H groups in total. The number of methoxy groups -OCH3 is 1. The zero-order valence-corrected chi connectivity index (χ0v) is 29.1. The van der Waals surface area contributed by atoms with Gasteiger partial charge in [-0.05, 0) is 36.1 Å². The predicted octanol–water partition coefficient (Wildman–Crippen LogP) is 2.21. The molecule has 1 aromatic rings. The van der Waals surface area contributed by atoms with Gasteiger partial charge in [-0.2, -0.15) is 0 Å². The summed E-state index contributed by atoms with van der Waals surface area (Å²) in [7, 11) is 1.46. The number of fused-ring (bicyclic) bond motifs is 4. The summed E-state index contributed by atoms with van der Waals surface area (Å²) in [6, 6.07) is 3.16. The van der Waals surface area contributed by atoms with Gasteiger partial charge in [0, 0.05) is 53.0 Å². The number of carbonyl (C=O) groups is 6. The average Bonchev–Trinajstić information content (AvgIpc) is 3.05. The molecule has 1 aromatic carbocycles. The lowest BCUT2D eigenvalue weighted by Crippen LogP contribution is -2.63. The van der Waals surface area contributed by atoms with Gasteiger partial charge in [0.1, 0.15) is 12.7 Å². The molecule has 2 saturated heterocycles. The standard InChI is InChI=1S/C35H41NO15/c1-8-22-24-12-26-23-13-27(43-7)28(46-17(3)38)11-21(23)9-10-36(26)33(42)25(24)14-45-34(22)51-35-32(49-20(6)41)31(48-19(5)40)30(47-18(4)39)29(50-35)15-44-16(2)37/h8,11,13-14,22,24,26,29-32,34-35H,1,9-10,12,15H2,2-7H3/t22-,24+,26+,29-,30-,31+,32-,34+,35+/m1/s1. The van der Waals surface area contributed by atoms with Crippen molar-refractivity contribution < 1.29 is 71.4 Å². The second-order valence-electron chi connectivity index (χ2n) is 12.5. The first-order valence-electron chi connectivity index (χ1n) is 16.4. The van der Waals surface area contributed by atoms with E-state index in [-0.39, 0.29) is 17.7 Å². The zero-order chi connectivity index (χ0) is 37.1. The Labute approximate surface area is 293 Å². The van der Waals surface area contributed by atoms with E-state index >= 15 is 0 Å². The van der Waals surface area contributed by atoms with E-state index in [1.54, 1.807) is 23.1 Å². The highest BCUT2D eigenvalue weighted by atomic mass is 16.8. The number of nitrogens with zero attached hydrogens (tertiary/aromatic N) is 1. The topological polar surface area (TPSA) is 189 Å². The lowest BCUT2D eigenvalue weighted by Gasteiger charge is -2.49. The first-order valence-corrected chi connectivity index (χ1v) is 16.4. The molecule has 2 fully saturated rings. The van der Waals surface area contributed by atoms with E-state index in [0.717, 1.165) is 31.9 Å². The van der Waals surface area contributed by atoms with Gasteiger partial charge in [-0.25, -0.2) is 0 Å². The number of benzene rings is 1. The van der Waals surface area contributed by atoms with Gasteiger partial charge < -0.3 is 47.5 Å². The van der Waals surface area contributed by atoms with E-state index in [1.165, 1.54) is 27.2 Å². The van der Waals surface area contributed by atoms with Crippen molar-refractivity contribution in [1.29, 1.82) is 0 Å². The van der Waals surface area contributed by atoms with Crippen LogP contribution in [0.1, 0.15) is 58.2 Å². The lowest BCUT2D eigenvalue weighted by molar-refractivity contribution is -0.342. The largest absolute Gasteiger partial charge is 0.493 e. The highest BCUT2D eigenvalue weighted by molar-refractivity contribution is 5.95. The molecule has 16 heteroatoms. The number of rotatable bonds is 10. The maximum absolute atomic E-state index is 13.9. The van der Waals surface area contributed by atoms with Crippen LogP contribution < -0.4 is 9.47 Å². The average molecular weight is 716 g/mol. The fourth-order valence-electron chi connectivity index (χ4n) is 7.04. The molecule has 0 bridgehead atoms. The number of hydrogen-bond donors (Lipinski definition) is 0. The Bertz CT molecular complexity index is 1620. The summed E-state index contributed by atoms with van der Waals surface area (Å²) >= 11 is 0.